The third-order valence-corrected chi connectivity index (χ3v) is 4.49. The molecule has 1 heterocycles. The zero-order valence-electron chi connectivity index (χ0n) is 14.8. The monoisotopic (exact) mass is 341 g/mol. The lowest BCUT2D eigenvalue weighted by Crippen LogP contribution is -2.32. The van der Waals surface area contributed by atoms with Gasteiger partial charge in [0.25, 0.3) is 0 Å². The van der Waals surface area contributed by atoms with Crippen LogP contribution in [0.5, 0.6) is 5.88 Å². The topological polar surface area (TPSA) is 87.3 Å². The molecule has 0 amide bonds. The van der Waals surface area contributed by atoms with E-state index in [-0.39, 0.29) is 18.1 Å². The number of ether oxygens (including phenoxy) is 2. The zero-order chi connectivity index (χ0) is 18.1. The Hall–Kier alpha value is -2.47. The number of carbonyl (C=O) groups is 1. The number of nitrogens with zero attached hydrogens (tertiary/aromatic N) is 2. The molecule has 1 aliphatic carbocycles. The molecule has 1 aromatic carbocycles. The van der Waals surface area contributed by atoms with E-state index in [1.807, 2.05) is 24.3 Å². The number of methoxy groups -OCH3 is 1. The fourth-order valence-corrected chi connectivity index (χ4v) is 2.53. The molecule has 1 aliphatic rings. The average molecular weight is 341 g/mol. The van der Waals surface area contributed by atoms with Crippen LogP contribution in [-0.2, 0) is 15.1 Å². The van der Waals surface area contributed by atoms with Gasteiger partial charge in [0.15, 0.2) is 0 Å². The molecule has 0 atom stereocenters. The maximum absolute atomic E-state index is 11.6. The van der Waals surface area contributed by atoms with E-state index in [9.17, 15) is 4.79 Å². The molecular weight excluding hydrogens is 318 g/mol. The van der Waals surface area contributed by atoms with Crippen molar-refractivity contribution >= 4 is 5.97 Å². The van der Waals surface area contributed by atoms with Crippen molar-refractivity contribution in [1.82, 2.24) is 9.97 Å². The minimum absolute atomic E-state index is 0.131. The number of aromatic nitrogens is 2. The summed E-state index contributed by atoms with van der Waals surface area (Å²) in [5, 5.41) is 0. The molecule has 0 aliphatic heterocycles. The van der Waals surface area contributed by atoms with Crippen molar-refractivity contribution in [2.24, 2.45) is 11.1 Å². The second kappa shape index (κ2) is 6.44. The third kappa shape index (κ3) is 3.79. The molecule has 25 heavy (non-hydrogen) atoms. The summed E-state index contributed by atoms with van der Waals surface area (Å²) in [6.45, 7) is 3.68. The van der Waals surface area contributed by atoms with Gasteiger partial charge in [-0.15, -0.1) is 0 Å². The Morgan fingerprint density at radius 1 is 1.20 bits per heavy atom. The number of nitrogens with two attached hydrogens (primary N) is 1. The highest BCUT2D eigenvalue weighted by Gasteiger charge is 2.39. The fraction of sp³-hybridized carbons (Fsp3) is 0.421. The van der Waals surface area contributed by atoms with E-state index in [0.29, 0.717) is 5.88 Å². The first kappa shape index (κ1) is 17.4. The number of benzene rings is 1. The number of rotatable bonds is 6. The number of carbonyl (C=O) groups excluding carboxylic acids is 1. The Morgan fingerprint density at radius 3 is 2.40 bits per heavy atom. The van der Waals surface area contributed by atoms with Gasteiger partial charge in [0.1, 0.15) is 6.61 Å². The standard InChI is InChI=1S/C19H23N3O3/c1-18(2,17(23)24-3)12-25-16-11-21-15(10-22-16)13-4-6-14(7-5-13)19(20)8-9-19/h4-7,10-11H,8-9,12,20H2,1-3H3. The molecule has 0 spiro atoms. The first-order valence-corrected chi connectivity index (χ1v) is 8.27. The molecule has 132 valence electrons. The smallest absolute Gasteiger partial charge is 0.314 e. The zero-order valence-corrected chi connectivity index (χ0v) is 14.8. The van der Waals surface area contributed by atoms with Crippen LogP contribution in [-0.4, -0.2) is 29.7 Å². The summed E-state index contributed by atoms with van der Waals surface area (Å²) in [5.41, 5.74) is 8.22. The van der Waals surface area contributed by atoms with Gasteiger partial charge in [-0.2, -0.15) is 0 Å². The molecule has 2 aromatic rings. The van der Waals surface area contributed by atoms with Crippen molar-refractivity contribution in [1.29, 1.82) is 0 Å². The van der Waals surface area contributed by atoms with E-state index < -0.39 is 5.41 Å². The van der Waals surface area contributed by atoms with Gasteiger partial charge in [-0.1, -0.05) is 24.3 Å². The van der Waals surface area contributed by atoms with Crippen molar-refractivity contribution < 1.29 is 14.3 Å². The minimum atomic E-state index is -0.744. The van der Waals surface area contributed by atoms with Crippen LogP contribution in [0, 0.1) is 5.41 Å². The van der Waals surface area contributed by atoms with E-state index in [1.165, 1.54) is 7.11 Å². The van der Waals surface area contributed by atoms with Crippen molar-refractivity contribution in [3.05, 3.63) is 42.2 Å². The van der Waals surface area contributed by atoms with Crippen LogP contribution in [0.25, 0.3) is 11.3 Å². The SMILES string of the molecule is COC(=O)C(C)(C)COc1cnc(-c2ccc(C3(N)CC3)cc2)cn1. The average Bonchev–Trinajstić information content (AvgIpc) is 3.38. The second-order valence-corrected chi connectivity index (χ2v) is 7.14. The number of hydrogen-bond acceptors (Lipinski definition) is 6. The first-order valence-electron chi connectivity index (χ1n) is 8.27. The van der Waals surface area contributed by atoms with E-state index in [2.05, 4.69) is 9.97 Å². The lowest BCUT2D eigenvalue weighted by Gasteiger charge is -2.21. The largest absolute Gasteiger partial charge is 0.475 e. The van der Waals surface area contributed by atoms with Gasteiger partial charge in [-0.25, -0.2) is 9.97 Å². The summed E-state index contributed by atoms with van der Waals surface area (Å²) in [7, 11) is 1.36. The van der Waals surface area contributed by atoms with Crippen LogP contribution in [0.3, 0.4) is 0 Å². The first-order chi connectivity index (χ1) is 11.8. The molecule has 0 bridgehead atoms. The maximum atomic E-state index is 11.6. The van der Waals surface area contributed by atoms with Gasteiger partial charge in [-0.3, -0.25) is 4.79 Å². The highest BCUT2D eigenvalue weighted by Crippen LogP contribution is 2.42. The van der Waals surface area contributed by atoms with Crippen LogP contribution >= 0.6 is 0 Å². The van der Waals surface area contributed by atoms with Gasteiger partial charge in [0, 0.05) is 11.1 Å². The fourth-order valence-electron chi connectivity index (χ4n) is 2.53. The summed E-state index contributed by atoms with van der Waals surface area (Å²) < 4.78 is 10.3. The summed E-state index contributed by atoms with van der Waals surface area (Å²) in [6.07, 6.45) is 5.30. The minimum Gasteiger partial charge on any atom is -0.475 e. The van der Waals surface area contributed by atoms with Crippen molar-refractivity contribution in [3.8, 4) is 17.1 Å². The van der Waals surface area contributed by atoms with Gasteiger partial charge < -0.3 is 15.2 Å². The van der Waals surface area contributed by atoms with Crippen molar-refractivity contribution in [3.63, 3.8) is 0 Å². The highest BCUT2D eigenvalue weighted by molar-refractivity contribution is 5.75. The molecule has 2 N–H and O–H groups in total. The number of esters is 1. The predicted octanol–water partition coefficient (Wildman–Crippen LogP) is 2.67. The Labute approximate surface area is 147 Å². The summed E-state index contributed by atoms with van der Waals surface area (Å²) in [4.78, 5) is 20.3. The van der Waals surface area contributed by atoms with Gasteiger partial charge in [0.2, 0.25) is 5.88 Å². The van der Waals surface area contributed by atoms with E-state index in [4.69, 9.17) is 15.2 Å². The molecule has 0 unspecified atom stereocenters. The van der Waals surface area contributed by atoms with Crippen LogP contribution in [0.2, 0.25) is 0 Å². The summed E-state index contributed by atoms with van der Waals surface area (Å²) in [5.74, 6) is 0.0433. The molecule has 6 nitrogen and oxygen atoms in total. The number of hydrogen-bond donors (Lipinski definition) is 1. The Balaban J connectivity index is 1.65. The van der Waals surface area contributed by atoms with Crippen molar-refractivity contribution in [2.75, 3.05) is 13.7 Å². The molecular formula is C19H23N3O3. The van der Waals surface area contributed by atoms with Crippen LogP contribution in [0.4, 0.5) is 0 Å². The Kier molecular flexibility index (Phi) is 4.47. The van der Waals surface area contributed by atoms with Crippen molar-refractivity contribution in [2.45, 2.75) is 32.2 Å². The lowest BCUT2D eigenvalue weighted by molar-refractivity contribution is -0.152. The molecule has 0 saturated heterocycles. The normalized spacial score (nSPS) is 15.5. The predicted molar refractivity (Wildman–Crippen MR) is 93.9 cm³/mol. The van der Waals surface area contributed by atoms with E-state index in [1.54, 1.807) is 26.2 Å². The summed E-state index contributed by atoms with van der Waals surface area (Å²) in [6, 6.07) is 8.11. The van der Waals surface area contributed by atoms with Gasteiger partial charge in [-0.05, 0) is 32.3 Å². The van der Waals surface area contributed by atoms with Crippen LogP contribution in [0.1, 0.15) is 32.3 Å². The van der Waals surface area contributed by atoms with E-state index in [0.717, 1.165) is 29.7 Å². The third-order valence-electron chi connectivity index (χ3n) is 4.49. The molecule has 1 fully saturated rings. The van der Waals surface area contributed by atoms with Crippen LogP contribution in [0.15, 0.2) is 36.7 Å². The maximum Gasteiger partial charge on any atom is 0.314 e. The molecule has 6 heteroatoms. The Morgan fingerprint density at radius 2 is 1.88 bits per heavy atom. The van der Waals surface area contributed by atoms with Gasteiger partial charge >= 0.3 is 5.97 Å². The molecule has 1 saturated carbocycles. The lowest BCUT2D eigenvalue weighted by atomic mass is 9.95. The van der Waals surface area contributed by atoms with Crippen LogP contribution < -0.4 is 10.5 Å². The summed E-state index contributed by atoms with van der Waals surface area (Å²) >= 11 is 0. The molecule has 1 aromatic heterocycles. The quantitative estimate of drug-likeness (QED) is 0.813. The highest BCUT2D eigenvalue weighted by atomic mass is 16.5. The second-order valence-electron chi connectivity index (χ2n) is 7.14. The van der Waals surface area contributed by atoms with Gasteiger partial charge in [0.05, 0.1) is 30.6 Å². The molecule has 0 radical (unpaired) electrons. The molecule has 3 rings (SSSR count). The Bertz CT molecular complexity index is 750. The van der Waals surface area contributed by atoms with E-state index >= 15 is 0 Å².